The lowest BCUT2D eigenvalue weighted by molar-refractivity contribution is 0.0598. The van der Waals surface area contributed by atoms with E-state index >= 15 is 0 Å². The van der Waals surface area contributed by atoms with Crippen molar-refractivity contribution in [2.75, 3.05) is 7.11 Å². The molecule has 102 valence electrons. The van der Waals surface area contributed by atoms with Crippen molar-refractivity contribution in [1.82, 2.24) is 0 Å². The molecule has 0 bridgehead atoms. The average Bonchev–Trinajstić information content (AvgIpc) is 2.47. The lowest BCUT2D eigenvalue weighted by atomic mass is 10.1. The molecule has 0 saturated carbocycles. The Morgan fingerprint density at radius 2 is 1.80 bits per heavy atom. The lowest BCUT2D eigenvalue weighted by Gasteiger charge is -2.10. The van der Waals surface area contributed by atoms with Gasteiger partial charge in [0.1, 0.15) is 23.3 Å². The Balaban J connectivity index is 2.33. The van der Waals surface area contributed by atoms with Gasteiger partial charge in [-0.15, -0.1) is 0 Å². The van der Waals surface area contributed by atoms with Crippen molar-refractivity contribution >= 4 is 12.3 Å². The number of ether oxygens (including phenoxy) is 2. The summed E-state index contributed by atoms with van der Waals surface area (Å²) in [5.41, 5.74) is 1.89. The van der Waals surface area contributed by atoms with Gasteiger partial charge >= 0.3 is 5.97 Å². The lowest BCUT2D eigenvalue weighted by Crippen LogP contribution is -2.04. The Morgan fingerprint density at radius 3 is 2.40 bits per heavy atom. The van der Waals surface area contributed by atoms with Crippen molar-refractivity contribution in [3.63, 3.8) is 0 Å². The molecule has 2 rings (SSSR count). The monoisotopic (exact) mass is 270 g/mol. The minimum Gasteiger partial charge on any atom is -0.465 e. The SMILES string of the molecule is COC(=O)c1ccc(C)cc1Oc1ccc(C=O)cc1. The number of methoxy groups -OCH3 is 1. The standard InChI is InChI=1S/C16H14O4/c1-11-3-8-14(16(18)19-2)15(9-11)20-13-6-4-12(10-17)5-7-13/h3-10H,1-2H3. The van der Waals surface area contributed by atoms with Gasteiger partial charge in [0, 0.05) is 5.56 Å². The molecule has 0 unspecified atom stereocenters. The minimum absolute atomic E-state index is 0.359. The van der Waals surface area contributed by atoms with E-state index in [9.17, 15) is 9.59 Å². The minimum atomic E-state index is -0.454. The molecule has 0 N–H and O–H groups in total. The van der Waals surface area contributed by atoms with Crippen LogP contribution < -0.4 is 4.74 Å². The molecule has 20 heavy (non-hydrogen) atoms. The molecule has 0 aromatic heterocycles. The Morgan fingerprint density at radius 1 is 1.10 bits per heavy atom. The smallest absolute Gasteiger partial charge is 0.341 e. The predicted octanol–water partition coefficient (Wildman–Crippen LogP) is 3.39. The molecule has 0 heterocycles. The van der Waals surface area contributed by atoms with Crippen molar-refractivity contribution in [3.05, 3.63) is 59.2 Å². The van der Waals surface area contributed by atoms with Crippen LogP contribution in [0.4, 0.5) is 0 Å². The van der Waals surface area contributed by atoms with Gasteiger partial charge in [0.15, 0.2) is 0 Å². The zero-order chi connectivity index (χ0) is 14.5. The number of rotatable bonds is 4. The summed E-state index contributed by atoms with van der Waals surface area (Å²) >= 11 is 0. The van der Waals surface area contributed by atoms with E-state index in [2.05, 4.69) is 0 Å². The fourth-order valence-corrected chi connectivity index (χ4v) is 1.73. The van der Waals surface area contributed by atoms with Gasteiger partial charge in [-0.2, -0.15) is 0 Å². The first kappa shape index (κ1) is 13.8. The summed E-state index contributed by atoms with van der Waals surface area (Å²) in [5.74, 6) is 0.520. The molecule has 0 aliphatic carbocycles. The van der Waals surface area contributed by atoms with Crippen LogP contribution in [0.25, 0.3) is 0 Å². The predicted molar refractivity (Wildman–Crippen MR) is 74.4 cm³/mol. The Hall–Kier alpha value is -2.62. The van der Waals surface area contributed by atoms with Crippen LogP contribution in [-0.2, 0) is 4.74 Å². The van der Waals surface area contributed by atoms with E-state index in [-0.39, 0.29) is 0 Å². The van der Waals surface area contributed by atoms with Gasteiger partial charge in [0.05, 0.1) is 7.11 Å². The maximum absolute atomic E-state index is 11.7. The third kappa shape index (κ3) is 3.03. The normalized spacial score (nSPS) is 9.90. The highest BCUT2D eigenvalue weighted by molar-refractivity contribution is 5.92. The maximum atomic E-state index is 11.7. The average molecular weight is 270 g/mol. The number of carbonyl (C=O) groups excluding carboxylic acids is 2. The first-order valence-corrected chi connectivity index (χ1v) is 6.06. The van der Waals surface area contributed by atoms with Gasteiger partial charge in [-0.1, -0.05) is 6.07 Å². The molecule has 4 heteroatoms. The van der Waals surface area contributed by atoms with Crippen molar-refractivity contribution < 1.29 is 19.1 Å². The van der Waals surface area contributed by atoms with Gasteiger partial charge in [0.25, 0.3) is 0 Å². The summed E-state index contributed by atoms with van der Waals surface area (Å²) in [7, 11) is 1.32. The molecule has 0 aliphatic rings. The van der Waals surface area contributed by atoms with E-state index in [0.29, 0.717) is 22.6 Å². The van der Waals surface area contributed by atoms with Crippen LogP contribution in [-0.4, -0.2) is 19.4 Å². The fourth-order valence-electron chi connectivity index (χ4n) is 1.73. The Kier molecular flexibility index (Phi) is 4.15. The van der Waals surface area contributed by atoms with E-state index in [1.54, 1.807) is 36.4 Å². The van der Waals surface area contributed by atoms with Crippen molar-refractivity contribution in [2.24, 2.45) is 0 Å². The molecular weight excluding hydrogens is 256 g/mol. The number of hydrogen-bond donors (Lipinski definition) is 0. The second-order valence-electron chi connectivity index (χ2n) is 4.28. The molecule has 0 atom stereocenters. The molecule has 0 saturated heterocycles. The molecule has 0 amide bonds. The molecule has 0 aliphatic heterocycles. The van der Waals surface area contributed by atoms with Crippen LogP contribution in [0.1, 0.15) is 26.3 Å². The summed E-state index contributed by atoms with van der Waals surface area (Å²) in [6.45, 7) is 1.91. The van der Waals surface area contributed by atoms with Gasteiger partial charge in [-0.3, -0.25) is 4.79 Å². The second-order valence-corrected chi connectivity index (χ2v) is 4.28. The Labute approximate surface area is 116 Å². The topological polar surface area (TPSA) is 52.6 Å². The van der Waals surface area contributed by atoms with Gasteiger partial charge < -0.3 is 9.47 Å². The van der Waals surface area contributed by atoms with Crippen molar-refractivity contribution in [2.45, 2.75) is 6.92 Å². The van der Waals surface area contributed by atoms with Crippen LogP contribution >= 0.6 is 0 Å². The maximum Gasteiger partial charge on any atom is 0.341 e. The van der Waals surface area contributed by atoms with E-state index in [1.165, 1.54) is 7.11 Å². The molecule has 0 fully saturated rings. The largest absolute Gasteiger partial charge is 0.465 e. The van der Waals surface area contributed by atoms with Crippen LogP contribution in [0.15, 0.2) is 42.5 Å². The van der Waals surface area contributed by atoms with Crippen LogP contribution in [0.5, 0.6) is 11.5 Å². The number of hydrogen-bond acceptors (Lipinski definition) is 4. The number of benzene rings is 2. The summed E-state index contributed by atoms with van der Waals surface area (Å²) in [4.78, 5) is 22.3. The van der Waals surface area contributed by atoms with Gasteiger partial charge in [-0.25, -0.2) is 4.79 Å². The van der Waals surface area contributed by atoms with Crippen LogP contribution in [0.2, 0.25) is 0 Å². The first-order valence-electron chi connectivity index (χ1n) is 6.06. The van der Waals surface area contributed by atoms with Crippen LogP contribution in [0.3, 0.4) is 0 Å². The third-order valence-corrected chi connectivity index (χ3v) is 2.79. The summed E-state index contributed by atoms with van der Waals surface area (Å²) in [6, 6.07) is 11.9. The van der Waals surface area contributed by atoms with E-state index in [4.69, 9.17) is 9.47 Å². The van der Waals surface area contributed by atoms with Gasteiger partial charge in [0.2, 0.25) is 0 Å². The highest BCUT2D eigenvalue weighted by Gasteiger charge is 2.13. The molecule has 0 spiro atoms. The quantitative estimate of drug-likeness (QED) is 0.631. The number of aldehydes is 1. The number of aryl methyl sites for hydroxylation is 1. The number of carbonyl (C=O) groups is 2. The number of esters is 1. The molecule has 0 radical (unpaired) electrons. The van der Waals surface area contributed by atoms with E-state index in [0.717, 1.165) is 11.8 Å². The summed E-state index contributed by atoms with van der Waals surface area (Å²) in [6.07, 6.45) is 0.760. The van der Waals surface area contributed by atoms with Crippen molar-refractivity contribution in [3.8, 4) is 11.5 Å². The third-order valence-electron chi connectivity index (χ3n) is 2.79. The van der Waals surface area contributed by atoms with Gasteiger partial charge in [-0.05, 0) is 48.9 Å². The van der Waals surface area contributed by atoms with Crippen molar-refractivity contribution in [1.29, 1.82) is 0 Å². The second kappa shape index (κ2) is 6.02. The zero-order valence-corrected chi connectivity index (χ0v) is 11.3. The molecular formula is C16H14O4. The molecule has 4 nitrogen and oxygen atoms in total. The zero-order valence-electron chi connectivity index (χ0n) is 11.3. The molecule has 2 aromatic rings. The van der Waals surface area contributed by atoms with Crippen LogP contribution in [0, 0.1) is 6.92 Å². The van der Waals surface area contributed by atoms with E-state index < -0.39 is 5.97 Å². The first-order chi connectivity index (χ1) is 9.63. The molecule has 2 aromatic carbocycles. The highest BCUT2D eigenvalue weighted by Crippen LogP contribution is 2.27. The summed E-state index contributed by atoms with van der Waals surface area (Å²) < 4.78 is 10.4. The fraction of sp³-hybridized carbons (Fsp3) is 0.125. The highest BCUT2D eigenvalue weighted by atomic mass is 16.5. The summed E-state index contributed by atoms with van der Waals surface area (Å²) in [5, 5.41) is 0. The Bertz CT molecular complexity index is 629. The van der Waals surface area contributed by atoms with E-state index in [1.807, 2.05) is 13.0 Å².